The van der Waals surface area contributed by atoms with E-state index in [4.69, 9.17) is 0 Å². The Morgan fingerprint density at radius 3 is 2.80 bits per heavy atom. The van der Waals surface area contributed by atoms with Crippen molar-refractivity contribution in [3.8, 4) is 0 Å². The molecule has 1 aliphatic heterocycles. The Balaban J connectivity index is 1.95. The molecule has 0 aliphatic carbocycles. The van der Waals surface area contributed by atoms with E-state index in [1.807, 2.05) is 35.7 Å². The van der Waals surface area contributed by atoms with Gasteiger partial charge < -0.3 is 0 Å². The molecule has 0 N–H and O–H groups in total. The zero-order chi connectivity index (χ0) is 10.5. The Labute approximate surface area is 98.0 Å². The van der Waals surface area contributed by atoms with Crippen LogP contribution in [0.2, 0.25) is 0 Å². The van der Waals surface area contributed by atoms with Crippen LogP contribution in [0.3, 0.4) is 0 Å². The largest absolute Gasteiger partial charge is 0.273 e. The van der Waals surface area contributed by atoms with Crippen LogP contribution in [0.15, 0.2) is 41.8 Å². The van der Waals surface area contributed by atoms with Crippen molar-refractivity contribution in [3.05, 3.63) is 47.4 Å². The normalized spacial score (nSPS) is 15.3. The fourth-order valence-electron chi connectivity index (χ4n) is 1.24. The molecule has 0 spiro atoms. The van der Waals surface area contributed by atoms with Crippen molar-refractivity contribution in [2.24, 2.45) is 0 Å². The fourth-order valence-corrected chi connectivity index (χ4v) is 2.94. The number of carbonyl (C=O) groups is 1. The SMILES string of the molecule is O=C(Cc1ccccc1)N1SC=CCS1. The molecule has 78 valence electrons. The lowest BCUT2D eigenvalue weighted by Crippen LogP contribution is -2.20. The highest BCUT2D eigenvalue weighted by Gasteiger charge is 2.15. The summed E-state index contributed by atoms with van der Waals surface area (Å²) >= 11 is 3.01. The molecule has 4 heteroatoms. The Morgan fingerprint density at radius 2 is 2.13 bits per heavy atom. The van der Waals surface area contributed by atoms with E-state index in [-0.39, 0.29) is 5.91 Å². The van der Waals surface area contributed by atoms with Gasteiger partial charge in [0.15, 0.2) is 0 Å². The minimum atomic E-state index is 0.153. The average Bonchev–Trinajstić information content (AvgIpc) is 2.31. The number of amides is 1. The van der Waals surface area contributed by atoms with Gasteiger partial charge in [-0.25, -0.2) is 3.71 Å². The summed E-state index contributed by atoms with van der Waals surface area (Å²) in [7, 11) is 0. The number of hydrogen-bond donors (Lipinski definition) is 0. The quantitative estimate of drug-likeness (QED) is 0.738. The summed E-state index contributed by atoms with van der Waals surface area (Å²) < 4.78 is 1.74. The van der Waals surface area contributed by atoms with Crippen LogP contribution >= 0.6 is 23.9 Å². The molecule has 0 unspecified atom stereocenters. The van der Waals surface area contributed by atoms with Gasteiger partial charge in [-0.15, -0.1) is 0 Å². The zero-order valence-electron chi connectivity index (χ0n) is 8.13. The summed E-state index contributed by atoms with van der Waals surface area (Å²) in [4.78, 5) is 11.8. The average molecular weight is 237 g/mol. The molecule has 1 heterocycles. The smallest absolute Gasteiger partial charge is 0.247 e. The monoisotopic (exact) mass is 237 g/mol. The number of benzene rings is 1. The molecule has 1 amide bonds. The lowest BCUT2D eigenvalue weighted by Gasteiger charge is -2.19. The number of carbonyl (C=O) groups excluding carboxylic acids is 1. The molecule has 1 aliphatic rings. The molecule has 0 fully saturated rings. The minimum absolute atomic E-state index is 0.153. The van der Waals surface area contributed by atoms with Gasteiger partial charge in [0.2, 0.25) is 5.91 Å². The van der Waals surface area contributed by atoms with E-state index in [0.29, 0.717) is 6.42 Å². The van der Waals surface area contributed by atoms with Crippen LogP contribution in [0.25, 0.3) is 0 Å². The van der Waals surface area contributed by atoms with Crippen molar-refractivity contribution in [2.45, 2.75) is 6.42 Å². The summed E-state index contributed by atoms with van der Waals surface area (Å²) in [5, 5.41) is 1.96. The van der Waals surface area contributed by atoms with Gasteiger partial charge in [0.05, 0.1) is 6.42 Å². The van der Waals surface area contributed by atoms with E-state index in [1.165, 1.54) is 11.9 Å². The molecule has 2 rings (SSSR count). The highest BCUT2D eigenvalue weighted by atomic mass is 32.2. The third-order valence-corrected chi connectivity index (χ3v) is 4.01. The Hall–Kier alpha value is -0.870. The fraction of sp³-hybridized carbons (Fsp3) is 0.182. The molecule has 0 aromatic heterocycles. The van der Waals surface area contributed by atoms with Crippen LogP contribution in [0.4, 0.5) is 0 Å². The van der Waals surface area contributed by atoms with Gasteiger partial charge in [-0.3, -0.25) is 4.79 Å². The first-order chi connectivity index (χ1) is 7.36. The van der Waals surface area contributed by atoms with E-state index in [2.05, 4.69) is 6.08 Å². The molecule has 0 bridgehead atoms. The topological polar surface area (TPSA) is 20.3 Å². The molecule has 15 heavy (non-hydrogen) atoms. The molecule has 2 nitrogen and oxygen atoms in total. The second kappa shape index (κ2) is 5.28. The summed E-state index contributed by atoms with van der Waals surface area (Å²) in [6, 6.07) is 9.83. The van der Waals surface area contributed by atoms with Crippen LogP contribution in [-0.4, -0.2) is 15.4 Å². The first-order valence-electron chi connectivity index (χ1n) is 4.68. The standard InChI is InChI=1S/C11H11NOS2/c13-11(12-14-7-4-8-15-12)9-10-5-2-1-3-6-10/h1-7H,8-9H2. The highest BCUT2D eigenvalue weighted by Crippen LogP contribution is 2.28. The predicted octanol–water partition coefficient (Wildman–Crippen LogP) is 2.88. The number of hydrogen-bond acceptors (Lipinski definition) is 3. The molecular weight excluding hydrogens is 226 g/mol. The molecule has 0 saturated carbocycles. The second-order valence-electron chi connectivity index (χ2n) is 3.09. The molecular formula is C11H11NOS2. The van der Waals surface area contributed by atoms with E-state index in [1.54, 1.807) is 15.7 Å². The first kappa shape index (κ1) is 10.6. The third-order valence-electron chi connectivity index (χ3n) is 1.94. The zero-order valence-corrected chi connectivity index (χ0v) is 9.76. The minimum Gasteiger partial charge on any atom is -0.273 e. The van der Waals surface area contributed by atoms with Gasteiger partial charge in [-0.2, -0.15) is 0 Å². The van der Waals surface area contributed by atoms with E-state index in [0.717, 1.165) is 11.3 Å². The lowest BCUT2D eigenvalue weighted by atomic mass is 10.1. The van der Waals surface area contributed by atoms with Gasteiger partial charge in [-0.05, 0) is 34.9 Å². The summed E-state index contributed by atoms with van der Waals surface area (Å²) in [6.07, 6.45) is 2.54. The first-order valence-corrected chi connectivity index (χ1v) is 6.46. The number of rotatable bonds is 2. The molecule has 1 aromatic rings. The van der Waals surface area contributed by atoms with Crippen molar-refractivity contribution in [2.75, 3.05) is 5.75 Å². The van der Waals surface area contributed by atoms with Gasteiger partial charge in [-0.1, -0.05) is 36.4 Å². The Bertz CT molecular complexity index is 364. The molecule has 1 aromatic carbocycles. The maximum absolute atomic E-state index is 11.8. The van der Waals surface area contributed by atoms with Crippen molar-refractivity contribution in [1.82, 2.24) is 3.71 Å². The second-order valence-corrected chi connectivity index (χ2v) is 5.12. The molecule has 0 radical (unpaired) electrons. The predicted molar refractivity (Wildman–Crippen MR) is 66.2 cm³/mol. The lowest BCUT2D eigenvalue weighted by molar-refractivity contribution is -0.122. The van der Waals surface area contributed by atoms with Crippen LogP contribution in [-0.2, 0) is 11.2 Å². The summed E-state index contributed by atoms with van der Waals surface area (Å²) in [5.41, 5.74) is 1.07. The van der Waals surface area contributed by atoms with E-state index >= 15 is 0 Å². The highest BCUT2D eigenvalue weighted by molar-refractivity contribution is 8.14. The van der Waals surface area contributed by atoms with Gasteiger partial charge >= 0.3 is 0 Å². The maximum Gasteiger partial charge on any atom is 0.247 e. The van der Waals surface area contributed by atoms with Crippen molar-refractivity contribution >= 4 is 29.8 Å². The summed E-state index contributed by atoms with van der Waals surface area (Å²) in [5.74, 6) is 1.04. The van der Waals surface area contributed by atoms with Gasteiger partial charge in [0.1, 0.15) is 0 Å². The van der Waals surface area contributed by atoms with E-state index in [9.17, 15) is 4.79 Å². The van der Waals surface area contributed by atoms with Crippen LogP contribution in [0.5, 0.6) is 0 Å². The van der Waals surface area contributed by atoms with Crippen molar-refractivity contribution in [1.29, 1.82) is 0 Å². The third kappa shape index (κ3) is 3.04. The van der Waals surface area contributed by atoms with Crippen LogP contribution in [0, 0.1) is 0 Å². The van der Waals surface area contributed by atoms with Gasteiger partial charge in [0.25, 0.3) is 0 Å². The van der Waals surface area contributed by atoms with Crippen molar-refractivity contribution < 1.29 is 4.79 Å². The van der Waals surface area contributed by atoms with Crippen LogP contribution < -0.4 is 0 Å². The van der Waals surface area contributed by atoms with E-state index < -0.39 is 0 Å². The van der Waals surface area contributed by atoms with Crippen molar-refractivity contribution in [3.63, 3.8) is 0 Å². The Morgan fingerprint density at radius 1 is 1.33 bits per heavy atom. The Kier molecular flexibility index (Phi) is 3.75. The molecule has 0 atom stereocenters. The molecule has 0 saturated heterocycles. The summed E-state index contributed by atoms with van der Waals surface area (Å²) in [6.45, 7) is 0. The van der Waals surface area contributed by atoms with Gasteiger partial charge in [0, 0.05) is 5.75 Å². The van der Waals surface area contributed by atoms with Crippen LogP contribution in [0.1, 0.15) is 5.56 Å². The maximum atomic E-state index is 11.8. The number of nitrogens with zero attached hydrogens (tertiary/aromatic N) is 1.